The predicted molar refractivity (Wildman–Crippen MR) is 98.6 cm³/mol. The summed E-state index contributed by atoms with van der Waals surface area (Å²) in [6.07, 6.45) is 3.25. The quantitative estimate of drug-likeness (QED) is 0.488. The van der Waals surface area contributed by atoms with E-state index < -0.39 is 0 Å². The smallest absolute Gasteiger partial charge is 0.234 e. The minimum atomic E-state index is 0.461. The lowest BCUT2D eigenvalue weighted by atomic mass is 10.0. The van der Waals surface area contributed by atoms with Crippen molar-refractivity contribution in [3.63, 3.8) is 0 Å². The van der Waals surface area contributed by atoms with Crippen molar-refractivity contribution in [3.05, 3.63) is 76.5 Å². The molecule has 6 heteroatoms. The first-order valence-corrected chi connectivity index (χ1v) is 8.21. The highest BCUT2D eigenvalue weighted by Crippen LogP contribution is 2.33. The zero-order valence-electron chi connectivity index (χ0n) is 12.8. The molecule has 2 aromatic carbocycles. The maximum atomic E-state index is 9.19. The Hall–Kier alpha value is -2.87. The van der Waals surface area contributed by atoms with Crippen LogP contribution in [0.3, 0.4) is 0 Å². The van der Waals surface area contributed by atoms with Crippen molar-refractivity contribution < 1.29 is 0 Å². The third-order valence-corrected chi connectivity index (χ3v) is 4.35. The van der Waals surface area contributed by atoms with Gasteiger partial charge in [-0.05, 0) is 24.3 Å². The van der Waals surface area contributed by atoms with Gasteiger partial charge in [-0.3, -0.25) is 4.40 Å². The Morgan fingerprint density at radius 2 is 1.48 bits per heavy atom. The van der Waals surface area contributed by atoms with Gasteiger partial charge in [0.1, 0.15) is 6.07 Å². The maximum Gasteiger partial charge on any atom is 0.234 e. The van der Waals surface area contributed by atoms with Crippen molar-refractivity contribution in [2.24, 2.45) is 0 Å². The van der Waals surface area contributed by atoms with Gasteiger partial charge in [-0.15, -0.1) is 0 Å². The molecule has 4 rings (SSSR count). The van der Waals surface area contributed by atoms with Crippen LogP contribution in [0.2, 0.25) is 10.0 Å². The normalized spacial score (nSPS) is 10.8. The molecule has 4 nitrogen and oxygen atoms in total. The molecule has 0 fully saturated rings. The number of aromatic nitrogens is 3. The molecule has 120 valence electrons. The van der Waals surface area contributed by atoms with Crippen LogP contribution in [0.5, 0.6) is 0 Å². The Morgan fingerprint density at radius 1 is 0.880 bits per heavy atom. The molecule has 0 amide bonds. The summed E-state index contributed by atoms with van der Waals surface area (Å²) < 4.78 is 1.83. The number of halogens is 2. The third-order valence-electron chi connectivity index (χ3n) is 3.84. The highest BCUT2D eigenvalue weighted by Gasteiger charge is 2.17. The van der Waals surface area contributed by atoms with E-state index in [0.29, 0.717) is 21.4 Å². The number of benzene rings is 2. The van der Waals surface area contributed by atoms with Crippen LogP contribution in [-0.4, -0.2) is 14.4 Å². The van der Waals surface area contributed by atoms with E-state index in [4.69, 9.17) is 23.2 Å². The molecule has 25 heavy (non-hydrogen) atoms. The van der Waals surface area contributed by atoms with Crippen LogP contribution >= 0.6 is 23.2 Å². The Morgan fingerprint density at radius 3 is 2.08 bits per heavy atom. The molecule has 0 N–H and O–H groups in total. The first kappa shape index (κ1) is 15.6. The van der Waals surface area contributed by atoms with E-state index in [1.54, 1.807) is 6.20 Å². The molecule has 0 atom stereocenters. The van der Waals surface area contributed by atoms with E-state index in [1.807, 2.05) is 52.9 Å². The van der Waals surface area contributed by atoms with Crippen molar-refractivity contribution in [1.29, 1.82) is 5.26 Å². The minimum absolute atomic E-state index is 0.461. The van der Waals surface area contributed by atoms with Crippen molar-refractivity contribution in [2.75, 3.05) is 0 Å². The second-order valence-corrected chi connectivity index (χ2v) is 6.32. The van der Waals surface area contributed by atoms with Gasteiger partial charge in [-0.2, -0.15) is 5.26 Å². The Labute approximate surface area is 153 Å². The number of nitriles is 1. The average molecular weight is 365 g/mol. The monoisotopic (exact) mass is 364 g/mol. The summed E-state index contributed by atoms with van der Waals surface area (Å²) in [4.78, 5) is 8.95. The van der Waals surface area contributed by atoms with Gasteiger partial charge < -0.3 is 0 Å². The van der Waals surface area contributed by atoms with E-state index in [2.05, 4.69) is 16.0 Å². The van der Waals surface area contributed by atoms with Crippen molar-refractivity contribution in [1.82, 2.24) is 14.4 Å². The molecule has 0 aliphatic rings. The average Bonchev–Trinajstić information content (AvgIpc) is 3.01. The number of imidazole rings is 1. The van der Waals surface area contributed by atoms with Crippen LogP contribution in [0.1, 0.15) is 5.56 Å². The standard InChI is InChI=1S/C19H10Cl2N4/c20-15-5-1-13(2-6-15)17-18(14-3-7-16(21)8-4-14)25-11-12(9-22)10-23-19(25)24-17/h1-8,10-11H. The van der Waals surface area contributed by atoms with Gasteiger partial charge >= 0.3 is 0 Å². The summed E-state index contributed by atoms with van der Waals surface area (Å²) in [5, 5.41) is 10.5. The van der Waals surface area contributed by atoms with Crippen LogP contribution in [0.4, 0.5) is 0 Å². The fourth-order valence-electron chi connectivity index (χ4n) is 2.68. The SMILES string of the molecule is N#Cc1cnc2nc(-c3ccc(Cl)cc3)c(-c3ccc(Cl)cc3)n2c1. The molecule has 0 aliphatic carbocycles. The first-order valence-electron chi connectivity index (χ1n) is 7.46. The van der Waals surface area contributed by atoms with E-state index in [9.17, 15) is 5.26 Å². The molecule has 0 bridgehead atoms. The molecular weight excluding hydrogens is 355 g/mol. The number of fused-ring (bicyclic) bond motifs is 1. The minimum Gasteiger partial charge on any atom is -0.282 e. The zero-order valence-corrected chi connectivity index (χ0v) is 14.3. The number of hydrogen-bond donors (Lipinski definition) is 0. The largest absolute Gasteiger partial charge is 0.282 e. The summed E-state index contributed by atoms with van der Waals surface area (Å²) in [6, 6.07) is 17.1. The van der Waals surface area contributed by atoms with Crippen LogP contribution < -0.4 is 0 Å². The molecule has 0 saturated heterocycles. The molecule has 0 spiro atoms. The fraction of sp³-hybridized carbons (Fsp3) is 0. The molecule has 0 radical (unpaired) electrons. The Kier molecular flexibility index (Phi) is 3.89. The summed E-state index contributed by atoms with van der Waals surface area (Å²) in [5.41, 5.74) is 3.92. The molecule has 2 heterocycles. The lowest BCUT2D eigenvalue weighted by molar-refractivity contribution is 1.10. The van der Waals surface area contributed by atoms with E-state index >= 15 is 0 Å². The second kappa shape index (κ2) is 6.21. The summed E-state index contributed by atoms with van der Waals surface area (Å²) in [5.74, 6) is 0.522. The van der Waals surface area contributed by atoms with Crippen LogP contribution in [-0.2, 0) is 0 Å². The van der Waals surface area contributed by atoms with Crippen LogP contribution in [0.15, 0.2) is 60.9 Å². The summed E-state index contributed by atoms with van der Waals surface area (Å²) in [7, 11) is 0. The number of hydrogen-bond acceptors (Lipinski definition) is 3. The highest BCUT2D eigenvalue weighted by atomic mass is 35.5. The molecular formula is C19H10Cl2N4. The zero-order chi connectivity index (χ0) is 17.4. The van der Waals surface area contributed by atoms with Gasteiger partial charge in [0, 0.05) is 27.4 Å². The molecule has 2 aromatic heterocycles. The molecule has 4 aromatic rings. The maximum absolute atomic E-state index is 9.19. The molecule has 0 unspecified atom stereocenters. The Bertz CT molecular complexity index is 1110. The van der Waals surface area contributed by atoms with Gasteiger partial charge in [0.05, 0.1) is 23.1 Å². The topological polar surface area (TPSA) is 54.0 Å². The lowest BCUT2D eigenvalue weighted by Crippen LogP contribution is -1.93. The van der Waals surface area contributed by atoms with E-state index in [-0.39, 0.29) is 0 Å². The van der Waals surface area contributed by atoms with Gasteiger partial charge in [0.15, 0.2) is 0 Å². The highest BCUT2D eigenvalue weighted by molar-refractivity contribution is 6.31. The second-order valence-electron chi connectivity index (χ2n) is 5.45. The Balaban J connectivity index is 2.04. The fourth-order valence-corrected chi connectivity index (χ4v) is 2.94. The van der Waals surface area contributed by atoms with Crippen molar-refractivity contribution in [3.8, 4) is 28.6 Å². The molecule has 0 saturated carbocycles. The third kappa shape index (κ3) is 2.85. The first-order chi connectivity index (χ1) is 12.2. The van der Waals surface area contributed by atoms with Gasteiger partial charge in [-0.1, -0.05) is 47.5 Å². The number of nitrogens with zero attached hydrogens (tertiary/aromatic N) is 4. The van der Waals surface area contributed by atoms with Gasteiger partial charge in [0.2, 0.25) is 5.78 Å². The van der Waals surface area contributed by atoms with E-state index in [0.717, 1.165) is 22.5 Å². The van der Waals surface area contributed by atoms with Gasteiger partial charge in [-0.25, -0.2) is 9.97 Å². The van der Waals surface area contributed by atoms with Crippen LogP contribution in [0.25, 0.3) is 28.3 Å². The lowest BCUT2D eigenvalue weighted by Gasteiger charge is -2.06. The van der Waals surface area contributed by atoms with Crippen molar-refractivity contribution in [2.45, 2.75) is 0 Å². The summed E-state index contributed by atoms with van der Waals surface area (Å²) >= 11 is 12.0. The predicted octanol–water partition coefficient (Wildman–Crippen LogP) is 5.24. The van der Waals surface area contributed by atoms with Crippen molar-refractivity contribution >= 4 is 29.0 Å². The van der Waals surface area contributed by atoms with Crippen LogP contribution in [0, 0.1) is 11.3 Å². The van der Waals surface area contributed by atoms with Gasteiger partial charge in [0.25, 0.3) is 0 Å². The number of rotatable bonds is 2. The molecule has 0 aliphatic heterocycles. The van der Waals surface area contributed by atoms with E-state index in [1.165, 1.54) is 6.20 Å². The summed E-state index contributed by atoms with van der Waals surface area (Å²) in [6.45, 7) is 0.